The Labute approximate surface area is 91.6 Å². The van der Waals surface area contributed by atoms with Crippen LogP contribution in [0.4, 0.5) is 0 Å². The molecule has 0 atom stereocenters. The first-order valence-corrected chi connectivity index (χ1v) is 4.68. The first-order chi connectivity index (χ1) is 7.50. The van der Waals surface area contributed by atoms with Crippen LogP contribution in [-0.4, -0.2) is 21.5 Å². The number of aromatic nitrogens is 1. The fourth-order valence-corrected chi connectivity index (χ4v) is 1.70. The number of nitrogens with two attached hydrogens (primary N) is 1. The molecule has 0 saturated carbocycles. The minimum absolute atomic E-state index is 0.0278. The molecule has 0 bridgehead atoms. The van der Waals surface area contributed by atoms with Crippen LogP contribution in [-0.2, 0) is 7.05 Å². The lowest BCUT2D eigenvalue weighted by atomic mass is 10.1. The van der Waals surface area contributed by atoms with E-state index in [0.717, 1.165) is 10.9 Å². The highest BCUT2D eigenvalue weighted by Crippen LogP contribution is 2.20. The van der Waals surface area contributed by atoms with Crippen LogP contribution in [0, 0.1) is 5.41 Å². The molecule has 1 aromatic carbocycles. The Morgan fingerprint density at radius 2 is 2.12 bits per heavy atom. The molecule has 0 amide bonds. The Bertz CT molecular complexity index is 599. The topological polar surface area (TPSA) is 92.1 Å². The van der Waals surface area contributed by atoms with Gasteiger partial charge in [-0.05, 0) is 12.1 Å². The highest BCUT2D eigenvalue weighted by molar-refractivity contribution is 6.00. The molecule has 16 heavy (non-hydrogen) atoms. The molecule has 0 aliphatic carbocycles. The number of amidine groups is 1. The van der Waals surface area contributed by atoms with Crippen LogP contribution in [0.25, 0.3) is 10.9 Å². The molecule has 0 spiro atoms. The van der Waals surface area contributed by atoms with Gasteiger partial charge in [0.15, 0.2) is 0 Å². The Morgan fingerprint density at radius 3 is 2.69 bits per heavy atom. The van der Waals surface area contributed by atoms with Gasteiger partial charge in [0.2, 0.25) is 0 Å². The number of aryl methyl sites for hydroxylation is 1. The number of benzene rings is 1. The van der Waals surface area contributed by atoms with Gasteiger partial charge in [-0.3, -0.25) is 5.41 Å². The van der Waals surface area contributed by atoms with Gasteiger partial charge in [0.05, 0.1) is 0 Å². The summed E-state index contributed by atoms with van der Waals surface area (Å²) < 4.78 is 1.57. The Balaban J connectivity index is 2.73. The maximum absolute atomic E-state index is 10.9. The fourth-order valence-electron chi connectivity index (χ4n) is 1.70. The second-order valence-corrected chi connectivity index (χ2v) is 3.58. The van der Waals surface area contributed by atoms with Crippen LogP contribution in [0.5, 0.6) is 0 Å². The first kappa shape index (κ1) is 10.2. The van der Waals surface area contributed by atoms with E-state index in [1.807, 2.05) is 0 Å². The highest BCUT2D eigenvalue weighted by Gasteiger charge is 2.12. The fraction of sp³-hybridized carbons (Fsp3) is 0.0909. The third-order valence-corrected chi connectivity index (χ3v) is 2.58. The lowest BCUT2D eigenvalue weighted by Gasteiger charge is -2.01. The van der Waals surface area contributed by atoms with Gasteiger partial charge < -0.3 is 15.4 Å². The highest BCUT2D eigenvalue weighted by atomic mass is 16.4. The third kappa shape index (κ3) is 1.42. The quantitative estimate of drug-likeness (QED) is 0.520. The summed E-state index contributed by atoms with van der Waals surface area (Å²) in [4.78, 5) is 10.9. The van der Waals surface area contributed by atoms with Crippen molar-refractivity contribution in [1.82, 2.24) is 4.57 Å². The summed E-state index contributed by atoms with van der Waals surface area (Å²) in [5.41, 5.74) is 6.94. The monoisotopic (exact) mass is 217 g/mol. The van der Waals surface area contributed by atoms with Gasteiger partial charge in [0.25, 0.3) is 0 Å². The van der Waals surface area contributed by atoms with Gasteiger partial charge in [-0.2, -0.15) is 0 Å². The molecule has 2 rings (SSSR count). The van der Waals surface area contributed by atoms with Crippen LogP contribution in [0.2, 0.25) is 0 Å². The van der Waals surface area contributed by atoms with E-state index in [9.17, 15) is 4.79 Å². The van der Waals surface area contributed by atoms with Crippen LogP contribution in [0.15, 0.2) is 24.3 Å². The Kier molecular flexibility index (Phi) is 2.16. The van der Waals surface area contributed by atoms with Gasteiger partial charge in [-0.1, -0.05) is 12.1 Å². The molecule has 82 valence electrons. The van der Waals surface area contributed by atoms with E-state index in [1.165, 1.54) is 0 Å². The Morgan fingerprint density at radius 1 is 1.44 bits per heavy atom. The summed E-state index contributed by atoms with van der Waals surface area (Å²) in [5.74, 6) is -0.997. The predicted molar refractivity (Wildman–Crippen MR) is 60.9 cm³/mol. The number of nitrogens with zero attached hydrogens (tertiary/aromatic N) is 1. The van der Waals surface area contributed by atoms with E-state index < -0.39 is 5.97 Å². The number of fused-ring (bicyclic) bond motifs is 1. The number of carboxylic acid groups (broad SMARTS) is 1. The zero-order valence-corrected chi connectivity index (χ0v) is 8.69. The van der Waals surface area contributed by atoms with Gasteiger partial charge in [-0.25, -0.2) is 4.79 Å². The van der Waals surface area contributed by atoms with Crippen molar-refractivity contribution in [3.05, 3.63) is 35.5 Å². The van der Waals surface area contributed by atoms with Crippen molar-refractivity contribution in [2.45, 2.75) is 0 Å². The summed E-state index contributed by atoms with van der Waals surface area (Å²) in [6.45, 7) is 0. The molecular weight excluding hydrogens is 206 g/mol. The molecule has 0 aliphatic heterocycles. The van der Waals surface area contributed by atoms with Gasteiger partial charge in [0, 0.05) is 23.5 Å². The van der Waals surface area contributed by atoms with Gasteiger partial charge in [-0.15, -0.1) is 0 Å². The standard InChI is InChI=1S/C11H11N3O2/c1-14-8-5-7(10(12)13)3-2-6(8)4-9(14)11(15)16/h2-5H,1H3,(H3,12,13)(H,15,16). The van der Waals surface area contributed by atoms with Crippen molar-refractivity contribution >= 4 is 22.7 Å². The number of rotatable bonds is 2. The predicted octanol–water partition coefficient (Wildman–Crippen LogP) is 1.16. The van der Waals surface area contributed by atoms with Crippen molar-refractivity contribution in [2.75, 3.05) is 0 Å². The smallest absolute Gasteiger partial charge is 0.352 e. The maximum Gasteiger partial charge on any atom is 0.352 e. The molecule has 5 nitrogen and oxygen atoms in total. The molecule has 1 aromatic heterocycles. The molecule has 0 saturated heterocycles. The van der Waals surface area contributed by atoms with Crippen molar-refractivity contribution < 1.29 is 9.90 Å². The molecule has 1 heterocycles. The van der Waals surface area contributed by atoms with Crippen LogP contribution in [0.1, 0.15) is 16.1 Å². The van der Waals surface area contributed by atoms with Crippen LogP contribution in [0.3, 0.4) is 0 Å². The molecular formula is C11H11N3O2. The number of hydrogen-bond acceptors (Lipinski definition) is 2. The summed E-state index contributed by atoms with van der Waals surface area (Å²) in [6, 6.07) is 6.78. The SMILES string of the molecule is Cn1c(C(=O)O)cc2ccc(C(=N)N)cc21. The number of nitrogen functional groups attached to an aromatic ring is 1. The number of aromatic carboxylic acids is 1. The number of carboxylic acids is 1. The van der Waals surface area contributed by atoms with E-state index in [1.54, 1.807) is 35.9 Å². The van der Waals surface area contributed by atoms with E-state index >= 15 is 0 Å². The third-order valence-electron chi connectivity index (χ3n) is 2.58. The minimum atomic E-state index is -0.969. The zero-order chi connectivity index (χ0) is 11.9. The second kappa shape index (κ2) is 3.37. The molecule has 0 unspecified atom stereocenters. The molecule has 0 aliphatic rings. The van der Waals surface area contributed by atoms with Crippen LogP contribution < -0.4 is 5.73 Å². The van der Waals surface area contributed by atoms with E-state index in [4.69, 9.17) is 16.2 Å². The van der Waals surface area contributed by atoms with Crippen LogP contribution >= 0.6 is 0 Å². The van der Waals surface area contributed by atoms with Gasteiger partial charge >= 0.3 is 5.97 Å². The van der Waals surface area contributed by atoms with Crippen molar-refractivity contribution in [3.63, 3.8) is 0 Å². The first-order valence-electron chi connectivity index (χ1n) is 4.68. The summed E-state index contributed by atoms with van der Waals surface area (Å²) in [6.07, 6.45) is 0. The molecule has 4 N–H and O–H groups in total. The molecule has 0 fully saturated rings. The number of carbonyl (C=O) groups is 1. The maximum atomic E-state index is 10.9. The average Bonchev–Trinajstić information content (AvgIpc) is 2.56. The number of hydrogen-bond donors (Lipinski definition) is 3. The summed E-state index contributed by atoms with van der Waals surface area (Å²) in [7, 11) is 1.68. The normalized spacial score (nSPS) is 10.6. The van der Waals surface area contributed by atoms with Crippen molar-refractivity contribution in [3.8, 4) is 0 Å². The second-order valence-electron chi connectivity index (χ2n) is 3.58. The minimum Gasteiger partial charge on any atom is -0.477 e. The largest absolute Gasteiger partial charge is 0.477 e. The lowest BCUT2D eigenvalue weighted by molar-refractivity contribution is 0.0687. The number of nitrogens with one attached hydrogen (secondary N) is 1. The van der Waals surface area contributed by atoms with Crippen molar-refractivity contribution in [2.24, 2.45) is 12.8 Å². The van der Waals surface area contributed by atoms with E-state index in [-0.39, 0.29) is 11.5 Å². The molecule has 0 radical (unpaired) electrons. The molecule has 2 aromatic rings. The average molecular weight is 217 g/mol. The Hall–Kier alpha value is -2.30. The molecule has 5 heteroatoms. The lowest BCUT2D eigenvalue weighted by Crippen LogP contribution is -2.11. The summed E-state index contributed by atoms with van der Waals surface area (Å²) >= 11 is 0. The van der Waals surface area contributed by atoms with E-state index in [2.05, 4.69) is 0 Å². The van der Waals surface area contributed by atoms with E-state index in [0.29, 0.717) is 5.56 Å². The van der Waals surface area contributed by atoms with Gasteiger partial charge in [0.1, 0.15) is 11.5 Å². The summed E-state index contributed by atoms with van der Waals surface area (Å²) in [5, 5.41) is 17.1. The zero-order valence-electron chi connectivity index (χ0n) is 8.69. The van der Waals surface area contributed by atoms with Crippen molar-refractivity contribution in [1.29, 1.82) is 5.41 Å².